The zero-order valence-electron chi connectivity index (χ0n) is 9.58. The molecule has 0 atom stereocenters. The highest BCUT2D eigenvalue weighted by Crippen LogP contribution is 2.24. The Bertz CT molecular complexity index is 626. The summed E-state index contributed by atoms with van der Waals surface area (Å²) in [5.74, 6) is -2.31. The van der Waals surface area contributed by atoms with Crippen molar-refractivity contribution < 1.29 is 13.6 Å². The highest BCUT2D eigenvalue weighted by molar-refractivity contribution is 6.34. The lowest BCUT2D eigenvalue weighted by molar-refractivity contribution is 0.102. The van der Waals surface area contributed by atoms with Crippen molar-refractivity contribution in [2.45, 2.75) is 0 Å². The van der Waals surface area contributed by atoms with Crippen LogP contribution in [-0.4, -0.2) is 5.91 Å². The SMILES string of the molecule is Nc1ccc(NC(=O)c2cc(F)cc(F)c2)c(Cl)c1. The summed E-state index contributed by atoms with van der Waals surface area (Å²) in [4.78, 5) is 11.8. The van der Waals surface area contributed by atoms with Crippen LogP contribution in [0.4, 0.5) is 20.2 Å². The van der Waals surface area contributed by atoms with Gasteiger partial charge >= 0.3 is 0 Å². The molecule has 2 rings (SSSR count). The Morgan fingerprint density at radius 1 is 1.11 bits per heavy atom. The first-order valence-corrected chi connectivity index (χ1v) is 5.66. The van der Waals surface area contributed by atoms with Gasteiger partial charge < -0.3 is 11.1 Å². The van der Waals surface area contributed by atoms with Gasteiger partial charge in [0.05, 0.1) is 10.7 Å². The number of carbonyl (C=O) groups is 1. The van der Waals surface area contributed by atoms with Crippen molar-refractivity contribution in [3.8, 4) is 0 Å². The first-order chi connectivity index (χ1) is 8.95. The van der Waals surface area contributed by atoms with Crippen molar-refractivity contribution in [3.05, 3.63) is 58.6 Å². The molecule has 0 radical (unpaired) electrons. The number of hydrogen-bond donors (Lipinski definition) is 2. The predicted molar refractivity (Wildman–Crippen MR) is 70.2 cm³/mol. The van der Waals surface area contributed by atoms with Crippen LogP contribution in [0.15, 0.2) is 36.4 Å². The Balaban J connectivity index is 2.25. The van der Waals surface area contributed by atoms with E-state index in [9.17, 15) is 13.6 Å². The average Bonchev–Trinajstić information content (AvgIpc) is 2.31. The fourth-order valence-electron chi connectivity index (χ4n) is 1.51. The van der Waals surface area contributed by atoms with Crippen LogP contribution in [0.3, 0.4) is 0 Å². The van der Waals surface area contributed by atoms with E-state index in [1.807, 2.05) is 0 Å². The summed E-state index contributed by atoms with van der Waals surface area (Å²) in [5, 5.41) is 2.69. The molecule has 0 saturated carbocycles. The summed E-state index contributed by atoms with van der Waals surface area (Å²) in [6.07, 6.45) is 0. The van der Waals surface area contributed by atoms with Gasteiger partial charge in [-0.05, 0) is 30.3 Å². The van der Waals surface area contributed by atoms with E-state index < -0.39 is 17.5 Å². The van der Waals surface area contributed by atoms with Crippen LogP contribution in [0.2, 0.25) is 5.02 Å². The number of nitrogen functional groups attached to an aromatic ring is 1. The summed E-state index contributed by atoms with van der Waals surface area (Å²) in [6.45, 7) is 0. The number of anilines is 2. The molecule has 0 fully saturated rings. The fraction of sp³-hybridized carbons (Fsp3) is 0. The van der Waals surface area contributed by atoms with Crippen molar-refractivity contribution >= 4 is 28.9 Å². The molecule has 6 heteroatoms. The van der Waals surface area contributed by atoms with Crippen LogP contribution >= 0.6 is 11.6 Å². The minimum absolute atomic E-state index is 0.134. The van der Waals surface area contributed by atoms with Crippen LogP contribution in [0.1, 0.15) is 10.4 Å². The van der Waals surface area contributed by atoms with E-state index in [0.717, 1.165) is 12.1 Å². The molecule has 0 aliphatic heterocycles. The van der Waals surface area contributed by atoms with Crippen LogP contribution in [0.5, 0.6) is 0 Å². The summed E-state index contributed by atoms with van der Waals surface area (Å²) in [7, 11) is 0. The summed E-state index contributed by atoms with van der Waals surface area (Å²) < 4.78 is 26.0. The van der Waals surface area contributed by atoms with Crippen molar-refractivity contribution in [2.24, 2.45) is 0 Å². The number of nitrogens with one attached hydrogen (secondary N) is 1. The van der Waals surface area contributed by atoms with Gasteiger partial charge in [0, 0.05) is 17.3 Å². The lowest BCUT2D eigenvalue weighted by atomic mass is 10.2. The molecule has 3 nitrogen and oxygen atoms in total. The number of amides is 1. The fourth-order valence-corrected chi connectivity index (χ4v) is 1.75. The number of carbonyl (C=O) groups excluding carboxylic acids is 1. The van der Waals surface area contributed by atoms with Gasteiger partial charge in [-0.3, -0.25) is 4.79 Å². The molecule has 2 aromatic rings. The second-order valence-electron chi connectivity index (χ2n) is 3.85. The van der Waals surface area contributed by atoms with E-state index in [0.29, 0.717) is 17.4 Å². The Morgan fingerprint density at radius 3 is 2.32 bits per heavy atom. The molecule has 98 valence electrons. The number of rotatable bonds is 2. The van der Waals surface area contributed by atoms with E-state index in [1.165, 1.54) is 12.1 Å². The van der Waals surface area contributed by atoms with Crippen molar-refractivity contribution in [1.29, 1.82) is 0 Å². The molecule has 3 N–H and O–H groups in total. The molecule has 0 aliphatic rings. The zero-order valence-corrected chi connectivity index (χ0v) is 10.3. The van der Waals surface area contributed by atoms with Crippen LogP contribution in [-0.2, 0) is 0 Å². The summed E-state index contributed by atoms with van der Waals surface area (Å²) in [6, 6.07) is 7.07. The van der Waals surface area contributed by atoms with Gasteiger partial charge in [-0.15, -0.1) is 0 Å². The Labute approximate surface area is 113 Å². The van der Waals surface area contributed by atoms with E-state index in [2.05, 4.69) is 5.32 Å². The Hall–Kier alpha value is -2.14. The maximum atomic E-state index is 13.0. The van der Waals surface area contributed by atoms with Gasteiger partial charge in [-0.1, -0.05) is 11.6 Å². The predicted octanol–water partition coefficient (Wildman–Crippen LogP) is 3.45. The van der Waals surface area contributed by atoms with Crippen LogP contribution in [0.25, 0.3) is 0 Å². The number of hydrogen-bond acceptors (Lipinski definition) is 2. The second kappa shape index (κ2) is 5.24. The van der Waals surface area contributed by atoms with E-state index >= 15 is 0 Å². The van der Waals surface area contributed by atoms with Gasteiger partial charge in [0.1, 0.15) is 11.6 Å². The molecule has 19 heavy (non-hydrogen) atoms. The van der Waals surface area contributed by atoms with Crippen molar-refractivity contribution in [2.75, 3.05) is 11.1 Å². The quantitative estimate of drug-likeness (QED) is 0.829. The largest absolute Gasteiger partial charge is 0.399 e. The van der Waals surface area contributed by atoms with Crippen molar-refractivity contribution in [1.82, 2.24) is 0 Å². The minimum Gasteiger partial charge on any atom is -0.399 e. The molecular formula is C13H9ClF2N2O. The monoisotopic (exact) mass is 282 g/mol. The molecule has 0 spiro atoms. The molecule has 0 aliphatic carbocycles. The molecule has 0 heterocycles. The Morgan fingerprint density at radius 2 is 1.74 bits per heavy atom. The van der Waals surface area contributed by atoms with Gasteiger partial charge in [0.2, 0.25) is 0 Å². The molecule has 2 aromatic carbocycles. The lowest BCUT2D eigenvalue weighted by Crippen LogP contribution is -2.13. The second-order valence-corrected chi connectivity index (χ2v) is 4.26. The van der Waals surface area contributed by atoms with E-state index in [1.54, 1.807) is 6.07 Å². The smallest absolute Gasteiger partial charge is 0.255 e. The molecular weight excluding hydrogens is 274 g/mol. The maximum Gasteiger partial charge on any atom is 0.255 e. The third-order valence-corrected chi connectivity index (χ3v) is 2.68. The highest BCUT2D eigenvalue weighted by Gasteiger charge is 2.11. The number of benzene rings is 2. The third-order valence-electron chi connectivity index (χ3n) is 2.37. The minimum atomic E-state index is -0.825. The van der Waals surface area contributed by atoms with E-state index in [4.69, 9.17) is 17.3 Å². The number of nitrogens with two attached hydrogens (primary N) is 1. The lowest BCUT2D eigenvalue weighted by Gasteiger charge is -2.08. The van der Waals surface area contributed by atoms with Gasteiger partial charge in [0.15, 0.2) is 0 Å². The normalized spacial score (nSPS) is 10.3. The Kier molecular flexibility index (Phi) is 3.66. The molecule has 0 unspecified atom stereocenters. The highest BCUT2D eigenvalue weighted by atomic mass is 35.5. The molecule has 1 amide bonds. The van der Waals surface area contributed by atoms with Crippen LogP contribution in [0, 0.1) is 11.6 Å². The average molecular weight is 283 g/mol. The van der Waals surface area contributed by atoms with Gasteiger partial charge in [-0.25, -0.2) is 8.78 Å². The maximum absolute atomic E-state index is 13.0. The molecule has 0 saturated heterocycles. The van der Waals surface area contributed by atoms with Crippen molar-refractivity contribution in [3.63, 3.8) is 0 Å². The van der Waals surface area contributed by atoms with E-state index in [-0.39, 0.29) is 10.6 Å². The zero-order chi connectivity index (χ0) is 14.0. The van der Waals surface area contributed by atoms with Crippen LogP contribution < -0.4 is 11.1 Å². The molecule has 0 aromatic heterocycles. The van der Waals surface area contributed by atoms with Gasteiger partial charge in [0.25, 0.3) is 5.91 Å². The topological polar surface area (TPSA) is 55.1 Å². The summed E-state index contributed by atoms with van der Waals surface area (Å²) in [5.41, 5.74) is 6.13. The standard InChI is InChI=1S/C13H9ClF2N2O/c14-11-6-10(17)1-2-12(11)18-13(19)7-3-8(15)5-9(16)4-7/h1-6H,17H2,(H,18,19). The number of halogens is 3. The summed E-state index contributed by atoms with van der Waals surface area (Å²) >= 11 is 5.88. The first-order valence-electron chi connectivity index (χ1n) is 5.28. The third kappa shape index (κ3) is 3.20. The molecule has 0 bridgehead atoms. The van der Waals surface area contributed by atoms with Gasteiger partial charge in [-0.2, -0.15) is 0 Å². The first kappa shape index (κ1) is 13.3.